The van der Waals surface area contributed by atoms with Crippen LogP contribution in [0.3, 0.4) is 0 Å². The molecule has 0 bridgehead atoms. The predicted octanol–water partition coefficient (Wildman–Crippen LogP) is 5.05. The van der Waals surface area contributed by atoms with Crippen molar-refractivity contribution in [3.63, 3.8) is 0 Å². The standard InChI is InChI=1S/C17H17ClINO/c1-10-4-5-11(2)14(8-10)12(3)20-17(21)13-6-7-16(19)15(18)9-13/h4-9,12H,1-3H3,(H,20,21). The quantitative estimate of drug-likeness (QED) is 0.701. The van der Waals surface area contributed by atoms with Crippen LogP contribution in [-0.2, 0) is 0 Å². The summed E-state index contributed by atoms with van der Waals surface area (Å²) in [5.41, 5.74) is 4.08. The number of hydrogen-bond donors (Lipinski definition) is 1. The normalized spacial score (nSPS) is 12.0. The fourth-order valence-corrected chi connectivity index (χ4v) is 2.74. The van der Waals surface area contributed by atoms with Gasteiger partial charge in [0.05, 0.1) is 11.1 Å². The third-order valence-electron chi connectivity index (χ3n) is 3.43. The van der Waals surface area contributed by atoms with Crippen LogP contribution in [0.4, 0.5) is 0 Å². The van der Waals surface area contributed by atoms with Gasteiger partial charge in [0.15, 0.2) is 0 Å². The Balaban J connectivity index is 2.18. The Hall–Kier alpha value is -1.07. The highest BCUT2D eigenvalue weighted by atomic mass is 127. The van der Waals surface area contributed by atoms with Gasteiger partial charge in [-0.05, 0) is 72.7 Å². The maximum absolute atomic E-state index is 12.3. The van der Waals surface area contributed by atoms with Crippen molar-refractivity contribution in [3.8, 4) is 0 Å². The van der Waals surface area contributed by atoms with Crippen LogP contribution in [0.25, 0.3) is 0 Å². The highest BCUT2D eigenvalue weighted by molar-refractivity contribution is 14.1. The van der Waals surface area contributed by atoms with E-state index in [0.29, 0.717) is 10.6 Å². The molecule has 0 radical (unpaired) electrons. The fraction of sp³-hybridized carbons (Fsp3) is 0.235. The molecule has 0 spiro atoms. The van der Waals surface area contributed by atoms with E-state index < -0.39 is 0 Å². The van der Waals surface area contributed by atoms with Gasteiger partial charge in [0.2, 0.25) is 0 Å². The van der Waals surface area contributed by atoms with Gasteiger partial charge in [0, 0.05) is 9.13 Å². The van der Waals surface area contributed by atoms with E-state index in [4.69, 9.17) is 11.6 Å². The molecule has 0 saturated carbocycles. The first-order chi connectivity index (χ1) is 9.88. The van der Waals surface area contributed by atoms with Gasteiger partial charge >= 0.3 is 0 Å². The van der Waals surface area contributed by atoms with Crippen LogP contribution < -0.4 is 5.32 Å². The van der Waals surface area contributed by atoms with E-state index in [-0.39, 0.29) is 11.9 Å². The molecule has 21 heavy (non-hydrogen) atoms. The van der Waals surface area contributed by atoms with E-state index in [2.05, 4.69) is 60.0 Å². The summed E-state index contributed by atoms with van der Waals surface area (Å²) < 4.78 is 0.938. The Bertz CT molecular complexity index is 684. The van der Waals surface area contributed by atoms with Crippen LogP contribution in [0.15, 0.2) is 36.4 Å². The van der Waals surface area contributed by atoms with Gasteiger partial charge < -0.3 is 5.32 Å². The van der Waals surface area contributed by atoms with Gasteiger partial charge in [0.25, 0.3) is 5.91 Å². The molecule has 2 nitrogen and oxygen atoms in total. The molecule has 0 aliphatic carbocycles. The number of halogens is 2. The van der Waals surface area contributed by atoms with Gasteiger partial charge in [-0.3, -0.25) is 4.79 Å². The van der Waals surface area contributed by atoms with Crippen molar-refractivity contribution in [1.29, 1.82) is 0 Å². The Morgan fingerprint density at radius 1 is 1.19 bits per heavy atom. The molecule has 2 aromatic rings. The smallest absolute Gasteiger partial charge is 0.251 e. The maximum atomic E-state index is 12.3. The molecule has 110 valence electrons. The van der Waals surface area contributed by atoms with Crippen molar-refractivity contribution < 1.29 is 4.79 Å². The van der Waals surface area contributed by atoms with Crippen LogP contribution in [0.5, 0.6) is 0 Å². The molecule has 1 amide bonds. The van der Waals surface area contributed by atoms with E-state index in [1.54, 1.807) is 12.1 Å². The first-order valence-corrected chi connectivity index (χ1v) is 8.17. The number of amides is 1. The van der Waals surface area contributed by atoms with Crippen molar-refractivity contribution in [2.45, 2.75) is 26.8 Å². The molecule has 0 saturated heterocycles. The number of benzene rings is 2. The molecule has 0 heterocycles. The summed E-state index contributed by atoms with van der Waals surface area (Å²) in [5.74, 6) is -0.110. The summed E-state index contributed by atoms with van der Waals surface area (Å²) in [6, 6.07) is 11.6. The minimum absolute atomic E-state index is 0.0459. The van der Waals surface area contributed by atoms with Crippen molar-refractivity contribution >= 4 is 40.1 Å². The van der Waals surface area contributed by atoms with E-state index in [9.17, 15) is 4.79 Å². The van der Waals surface area contributed by atoms with Gasteiger partial charge in [-0.15, -0.1) is 0 Å². The van der Waals surface area contributed by atoms with Crippen LogP contribution in [0.1, 0.15) is 40.0 Å². The Labute approximate surface area is 144 Å². The fourth-order valence-electron chi connectivity index (χ4n) is 2.22. The third-order valence-corrected chi connectivity index (χ3v) is 5.00. The highest BCUT2D eigenvalue weighted by Gasteiger charge is 2.14. The van der Waals surface area contributed by atoms with Crippen LogP contribution in [0, 0.1) is 17.4 Å². The number of rotatable bonds is 3. The largest absolute Gasteiger partial charge is 0.346 e. The SMILES string of the molecule is Cc1ccc(C)c(C(C)NC(=O)c2ccc(I)c(Cl)c2)c1. The van der Waals surface area contributed by atoms with Gasteiger partial charge in [-0.2, -0.15) is 0 Å². The van der Waals surface area contributed by atoms with E-state index in [0.717, 1.165) is 9.13 Å². The summed E-state index contributed by atoms with van der Waals surface area (Å²) >= 11 is 8.21. The van der Waals surface area contributed by atoms with Crippen LogP contribution in [-0.4, -0.2) is 5.91 Å². The number of aryl methyl sites for hydroxylation is 2. The van der Waals surface area contributed by atoms with Crippen molar-refractivity contribution in [2.24, 2.45) is 0 Å². The van der Waals surface area contributed by atoms with E-state index in [1.165, 1.54) is 11.1 Å². The minimum Gasteiger partial charge on any atom is -0.346 e. The summed E-state index contributed by atoms with van der Waals surface area (Å²) in [4.78, 5) is 12.3. The lowest BCUT2D eigenvalue weighted by Gasteiger charge is -2.17. The molecule has 0 aromatic heterocycles. The second-order valence-electron chi connectivity index (χ2n) is 5.18. The summed E-state index contributed by atoms with van der Waals surface area (Å²) in [7, 11) is 0. The first-order valence-electron chi connectivity index (χ1n) is 6.71. The average molecular weight is 414 g/mol. The number of carbonyl (C=O) groups excluding carboxylic acids is 1. The molecule has 2 aromatic carbocycles. The third kappa shape index (κ3) is 3.98. The molecule has 0 aliphatic heterocycles. The molecule has 4 heteroatoms. The Morgan fingerprint density at radius 2 is 1.90 bits per heavy atom. The number of carbonyl (C=O) groups is 1. The van der Waals surface area contributed by atoms with Crippen LogP contribution >= 0.6 is 34.2 Å². The molecular formula is C17H17ClINO. The molecule has 0 aliphatic rings. The zero-order valence-electron chi connectivity index (χ0n) is 12.2. The van der Waals surface area contributed by atoms with E-state index >= 15 is 0 Å². The molecular weight excluding hydrogens is 397 g/mol. The van der Waals surface area contributed by atoms with E-state index in [1.807, 2.05) is 13.0 Å². The van der Waals surface area contributed by atoms with Crippen LogP contribution in [0.2, 0.25) is 5.02 Å². The monoisotopic (exact) mass is 413 g/mol. The lowest BCUT2D eigenvalue weighted by Crippen LogP contribution is -2.27. The molecule has 2 rings (SSSR count). The summed E-state index contributed by atoms with van der Waals surface area (Å²) in [6.07, 6.45) is 0. The number of nitrogens with one attached hydrogen (secondary N) is 1. The topological polar surface area (TPSA) is 29.1 Å². The summed E-state index contributed by atoms with van der Waals surface area (Å²) in [5, 5.41) is 3.63. The van der Waals surface area contributed by atoms with Gasteiger partial charge in [-0.25, -0.2) is 0 Å². The number of hydrogen-bond acceptors (Lipinski definition) is 1. The van der Waals surface area contributed by atoms with Gasteiger partial charge in [-0.1, -0.05) is 35.4 Å². The molecule has 1 N–H and O–H groups in total. The highest BCUT2D eigenvalue weighted by Crippen LogP contribution is 2.22. The second kappa shape index (κ2) is 6.79. The maximum Gasteiger partial charge on any atom is 0.251 e. The zero-order chi connectivity index (χ0) is 15.6. The average Bonchev–Trinajstić information content (AvgIpc) is 2.44. The second-order valence-corrected chi connectivity index (χ2v) is 6.75. The van der Waals surface area contributed by atoms with Gasteiger partial charge in [0.1, 0.15) is 0 Å². The van der Waals surface area contributed by atoms with Crippen molar-refractivity contribution in [3.05, 3.63) is 67.2 Å². The molecule has 1 unspecified atom stereocenters. The minimum atomic E-state index is -0.110. The lowest BCUT2D eigenvalue weighted by molar-refractivity contribution is 0.0940. The molecule has 0 fully saturated rings. The lowest BCUT2D eigenvalue weighted by atomic mass is 10.00. The zero-order valence-corrected chi connectivity index (χ0v) is 15.1. The van der Waals surface area contributed by atoms with Crippen molar-refractivity contribution in [1.82, 2.24) is 5.32 Å². The molecule has 1 atom stereocenters. The first kappa shape index (κ1) is 16.3. The summed E-state index contributed by atoms with van der Waals surface area (Å²) in [6.45, 7) is 6.10. The Kier molecular flexibility index (Phi) is 5.27. The van der Waals surface area contributed by atoms with Crippen molar-refractivity contribution in [2.75, 3.05) is 0 Å². The Morgan fingerprint density at radius 3 is 2.57 bits per heavy atom. The predicted molar refractivity (Wildman–Crippen MR) is 96.0 cm³/mol.